The average Bonchev–Trinajstić information content (AvgIpc) is 3.37. The molecule has 0 unspecified atom stereocenters. The molecule has 0 saturated heterocycles. The molecule has 0 atom stereocenters. The Kier molecular flexibility index (Phi) is 4.84. The molecule has 1 fully saturated rings. The van der Waals surface area contributed by atoms with E-state index >= 15 is 0 Å². The quantitative estimate of drug-likeness (QED) is 0.360. The summed E-state index contributed by atoms with van der Waals surface area (Å²) in [4.78, 5) is 13.7. The topological polar surface area (TPSA) is 94.9 Å². The van der Waals surface area contributed by atoms with E-state index in [0.717, 1.165) is 38.9 Å². The van der Waals surface area contributed by atoms with Crippen molar-refractivity contribution in [3.05, 3.63) is 97.0 Å². The second-order valence-electron chi connectivity index (χ2n) is 9.53. The third-order valence-corrected chi connectivity index (χ3v) is 7.13. The molecule has 8 heteroatoms. The lowest BCUT2D eigenvalue weighted by Crippen LogP contribution is -2.50. The second-order valence-corrected chi connectivity index (χ2v) is 9.53. The molecule has 180 valence electrons. The minimum absolute atomic E-state index is 0.361. The van der Waals surface area contributed by atoms with Crippen LogP contribution in [-0.4, -0.2) is 35.7 Å². The molecule has 4 aromatic heterocycles. The molecule has 1 aliphatic carbocycles. The zero-order valence-electron chi connectivity index (χ0n) is 19.8. The van der Waals surface area contributed by atoms with Gasteiger partial charge in [0.1, 0.15) is 6.17 Å². The Morgan fingerprint density at radius 2 is 1.62 bits per heavy atom. The van der Waals surface area contributed by atoms with Gasteiger partial charge in [0.2, 0.25) is 5.82 Å². The van der Waals surface area contributed by atoms with Gasteiger partial charge in [-0.15, -0.1) is 10.2 Å². The Morgan fingerprint density at radius 3 is 2.35 bits per heavy atom. The number of halogens is 1. The maximum atomic E-state index is 13.5. The molecule has 1 saturated carbocycles. The van der Waals surface area contributed by atoms with Crippen LogP contribution in [0.2, 0.25) is 0 Å². The van der Waals surface area contributed by atoms with E-state index < -0.39 is 11.7 Å². The van der Waals surface area contributed by atoms with Crippen LogP contribution < -0.4 is 5.73 Å². The highest BCUT2D eigenvalue weighted by Gasteiger charge is 2.42. The lowest BCUT2D eigenvalue weighted by molar-refractivity contribution is 0.0985. The Balaban J connectivity index is 1.40. The Labute approximate surface area is 211 Å². The summed E-state index contributed by atoms with van der Waals surface area (Å²) in [6.45, 7) is 0. The molecule has 0 bridgehead atoms. The van der Waals surface area contributed by atoms with Crippen LogP contribution >= 0.6 is 0 Å². The first-order valence-electron chi connectivity index (χ1n) is 12.1. The molecular formula is C29H22FN7. The second kappa shape index (κ2) is 8.25. The molecule has 7 nitrogen and oxygen atoms in total. The fourth-order valence-electron chi connectivity index (χ4n) is 5.15. The molecule has 6 aromatic rings. The first-order chi connectivity index (χ1) is 18.1. The van der Waals surface area contributed by atoms with Crippen molar-refractivity contribution in [3.63, 3.8) is 0 Å². The van der Waals surface area contributed by atoms with Crippen molar-refractivity contribution in [1.29, 1.82) is 0 Å². The number of fused-ring (bicyclic) bond motifs is 3. The Bertz CT molecular complexity index is 1740. The molecule has 2 aromatic carbocycles. The number of hydrogen-bond acceptors (Lipinski definition) is 6. The maximum Gasteiger partial charge on any atom is 0.206 e. The van der Waals surface area contributed by atoms with E-state index in [1.165, 1.54) is 0 Å². The first kappa shape index (κ1) is 21.7. The number of aromatic nitrogens is 6. The Morgan fingerprint density at radius 1 is 0.865 bits per heavy atom. The summed E-state index contributed by atoms with van der Waals surface area (Å²) >= 11 is 0. The van der Waals surface area contributed by atoms with E-state index in [1.54, 1.807) is 18.5 Å². The monoisotopic (exact) mass is 487 g/mol. The van der Waals surface area contributed by atoms with E-state index in [9.17, 15) is 4.39 Å². The minimum atomic E-state index is -0.820. The maximum absolute atomic E-state index is 13.5. The van der Waals surface area contributed by atoms with Gasteiger partial charge in [0, 0.05) is 53.5 Å². The summed E-state index contributed by atoms with van der Waals surface area (Å²) in [5.74, 6) is 1.08. The molecule has 0 amide bonds. The lowest BCUT2D eigenvalue weighted by Gasteiger charge is -2.41. The molecule has 2 N–H and O–H groups in total. The van der Waals surface area contributed by atoms with Crippen LogP contribution in [-0.2, 0) is 5.54 Å². The number of rotatable bonds is 4. The fourth-order valence-corrected chi connectivity index (χ4v) is 5.15. The summed E-state index contributed by atoms with van der Waals surface area (Å²) in [5.41, 5.74) is 12.1. The third kappa shape index (κ3) is 3.56. The zero-order chi connectivity index (χ0) is 25.0. The van der Waals surface area contributed by atoms with Gasteiger partial charge in [-0.25, -0.2) is 19.3 Å². The summed E-state index contributed by atoms with van der Waals surface area (Å²) < 4.78 is 15.4. The molecule has 37 heavy (non-hydrogen) atoms. The van der Waals surface area contributed by atoms with Gasteiger partial charge in [-0.05, 0) is 29.3 Å². The number of nitrogens with zero attached hydrogens (tertiary/aromatic N) is 6. The average molecular weight is 488 g/mol. The van der Waals surface area contributed by atoms with Crippen LogP contribution in [0.25, 0.3) is 50.6 Å². The van der Waals surface area contributed by atoms with Gasteiger partial charge in [-0.3, -0.25) is 4.40 Å². The predicted octanol–water partition coefficient (Wildman–Crippen LogP) is 5.35. The molecule has 1 aliphatic rings. The van der Waals surface area contributed by atoms with Crippen molar-refractivity contribution >= 4 is 16.6 Å². The Hall–Kier alpha value is -4.56. The van der Waals surface area contributed by atoms with Crippen LogP contribution in [0, 0.1) is 0 Å². The van der Waals surface area contributed by atoms with Gasteiger partial charge in [0.05, 0.1) is 11.2 Å². The predicted molar refractivity (Wildman–Crippen MR) is 140 cm³/mol. The number of benzene rings is 2. The molecule has 0 aliphatic heterocycles. The van der Waals surface area contributed by atoms with Gasteiger partial charge in [-0.2, -0.15) is 0 Å². The highest BCUT2D eigenvalue weighted by molar-refractivity contribution is 5.98. The van der Waals surface area contributed by atoms with E-state index in [0.29, 0.717) is 30.1 Å². The van der Waals surface area contributed by atoms with E-state index in [1.807, 2.05) is 59.1 Å². The lowest BCUT2D eigenvalue weighted by atomic mass is 9.71. The van der Waals surface area contributed by atoms with Crippen LogP contribution in [0.4, 0.5) is 4.39 Å². The smallest absolute Gasteiger partial charge is 0.206 e. The van der Waals surface area contributed by atoms with E-state index in [4.69, 9.17) is 10.7 Å². The van der Waals surface area contributed by atoms with Crippen molar-refractivity contribution < 1.29 is 4.39 Å². The molecule has 4 heterocycles. The molecular weight excluding hydrogens is 465 g/mol. The number of alkyl halides is 1. The van der Waals surface area contributed by atoms with Crippen LogP contribution in [0.1, 0.15) is 18.4 Å². The van der Waals surface area contributed by atoms with Gasteiger partial charge in [-0.1, -0.05) is 54.6 Å². The van der Waals surface area contributed by atoms with Crippen LogP contribution in [0.15, 0.2) is 91.4 Å². The highest BCUT2D eigenvalue weighted by Crippen LogP contribution is 2.42. The third-order valence-electron chi connectivity index (χ3n) is 7.13. The van der Waals surface area contributed by atoms with Gasteiger partial charge >= 0.3 is 0 Å². The van der Waals surface area contributed by atoms with Gasteiger partial charge in [0.25, 0.3) is 0 Å². The molecule has 7 rings (SSSR count). The van der Waals surface area contributed by atoms with Crippen molar-refractivity contribution in [2.24, 2.45) is 5.73 Å². The number of hydrogen-bond donors (Lipinski definition) is 1. The van der Waals surface area contributed by atoms with Crippen LogP contribution in [0.5, 0.6) is 0 Å². The van der Waals surface area contributed by atoms with E-state index in [-0.39, 0.29) is 0 Å². The van der Waals surface area contributed by atoms with E-state index in [2.05, 4.69) is 38.4 Å². The standard InChI is InChI=1S/C29H22FN7/c30-21-16-29(31,17-21)20-9-7-19(8-10-20)25-22(18-5-2-1-3-6-18)15-23-24(34-25)11-14-37-27(23)35-36-28(37)26-32-12-4-13-33-26/h1-15,21H,16-17,31H2/t21-,29-. The number of nitrogens with two attached hydrogens (primary N) is 1. The SMILES string of the molecule is N[C@]1(c2ccc(-c3nc4ccn5c(-c6ncccn6)nnc5c4cc3-c3ccccc3)cc2)C[C@@H](F)C1. The summed E-state index contributed by atoms with van der Waals surface area (Å²) in [6, 6.07) is 24.0. The zero-order valence-corrected chi connectivity index (χ0v) is 19.8. The summed E-state index contributed by atoms with van der Waals surface area (Å²) in [5, 5.41) is 9.72. The fraction of sp³-hybridized carbons (Fsp3) is 0.138. The summed E-state index contributed by atoms with van der Waals surface area (Å²) in [6.07, 6.45) is 5.17. The highest BCUT2D eigenvalue weighted by atomic mass is 19.1. The summed E-state index contributed by atoms with van der Waals surface area (Å²) in [7, 11) is 0. The van der Waals surface area contributed by atoms with Crippen molar-refractivity contribution in [1.82, 2.24) is 29.5 Å². The van der Waals surface area contributed by atoms with Crippen LogP contribution in [0.3, 0.4) is 0 Å². The first-order valence-corrected chi connectivity index (χ1v) is 12.1. The minimum Gasteiger partial charge on any atom is -0.321 e. The van der Waals surface area contributed by atoms with Gasteiger partial charge in [0.15, 0.2) is 11.5 Å². The van der Waals surface area contributed by atoms with Gasteiger partial charge < -0.3 is 5.73 Å². The molecule has 0 spiro atoms. The van der Waals surface area contributed by atoms with Crippen molar-refractivity contribution in [3.8, 4) is 34.0 Å². The normalized spacial score (nSPS) is 19.2. The van der Waals surface area contributed by atoms with Crippen molar-refractivity contribution in [2.75, 3.05) is 0 Å². The van der Waals surface area contributed by atoms with Crippen molar-refractivity contribution in [2.45, 2.75) is 24.6 Å². The largest absolute Gasteiger partial charge is 0.321 e. The molecule has 0 radical (unpaired) electrons. The number of pyridine rings is 2.